The lowest BCUT2D eigenvalue weighted by atomic mass is 9.94. The molecular formula is C9H13N. The molecule has 0 amide bonds. The minimum Gasteiger partial charge on any atom is -0.316 e. The van der Waals surface area contributed by atoms with Gasteiger partial charge in [-0.05, 0) is 31.3 Å². The molecule has 1 saturated heterocycles. The van der Waals surface area contributed by atoms with Gasteiger partial charge in [-0.25, -0.2) is 0 Å². The van der Waals surface area contributed by atoms with Crippen molar-refractivity contribution in [1.82, 2.24) is 5.32 Å². The van der Waals surface area contributed by atoms with Crippen molar-refractivity contribution >= 4 is 0 Å². The molecule has 3 aliphatic rings. The predicted octanol–water partition coefficient (Wildman–Crippen LogP) is 1.17. The van der Waals surface area contributed by atoms with Gasteiger partial charge in [-0.15, -0.1) is 0 Å². The molecule has 2 aliphatic carbocycles. The number of nitrogens with one attached hydrogen (secondary N) is 1. The molecule has 0 spiro atoms. The summed E-state index contributed by atoms with van der Waals surface area (Å²) in [6, 6.07) is 0. The van der Waals surface area contributed by atoms with Crippen LogP contribution in [0.5, 0.6) is 0 Å². The van der Waals surface area contributed by atoms with Crippen LogP contribution in [-0.2, 0) is 0 Å². The monoisotopic (exact) mass is 135 g/mol. The number of rotatable bonds is 1. The first kappa shape index (κ1) is 5.36. The average molecular weight is 135 g/mol. The Morgan fingerprint density at radius 2 is 2.50 bits per heavy atom. The van der Waals surface area contributed by atoms with Gasteiger partial charge in [0, 0.05) is 5.41 Å². The van der Waals surface area contributed by atoms with Crippen LogP contribution in [0.4, 0.5) is 0 Å². The van der Waals surface area contributed by atoms with Crippen LogP contribution in [0.25, 0.3) is 0 Å². The predicted molar refractivity (Wildman–Crippen MR) is 40.7 cm³/mol. The fraction of sp³-hybridized carbons (Fsp3) is 0.778. The molecule has 54 valence electrons. The van der Waals surface area contributed by atoms with E-state index in [2.05, 4.69) is 18.3 Å². The van der Waals surface area contributed by atoms with Gasteiger partial charge in [0.25, 0.3) is 0 Å². The van der Waals surface area contributed by atoms with Gasteiger partial charge in [0.2, 0.25) is 0 Å². The van der Waals surface area contributed by atoms with Gasteiger partial charge in [0.1, 0.15) is 0 Å². The second-order valence-corrected chi connectivity index (χ2v) is 4.11. The molecule has 0 radical (unpaired) electrons. The molecule has 1 N–H and O–H groups in total. The number of hydrogen-bond donors (Lipinski definition) is 1. The average Bonchev–Trinajstić information content (AvgIpc) is 2.61. The molecule has 0 aromatic heterocycles. The van der Waals surface area contributed by atoms with Gasteiger partial charge in [-0.1, -0.05) is 18.6 Å². The van der Waals surface area contributed by atoms with Gasteiger partial charge in [-0.3, -0.25) is 0 Å². The molecule has 1 nitrogen and oxygen atoms in total. The van der Waals surface area contributed by atoms with Crippen LogP contribution in [0.15, 0.2) is 11.6 Å². The molecule has 0 aromatic rings. The Kier molecular flexibility index (Phi) is 0.713. The van der Waals surface area contributed by atoms with E-state index in [9.17, 15) is 0 Å². The highest BCUT2D eigenvalue weighted by Crippen LogP contribution is 2.75. The van der Waals surface area contributed by atoms with Crippen LogP contribution in [0.1, 0.15) is 13.3 Å². The third-order valence-corrected chi connectivity index (χ3v) is 3.46. The van der Waals surface area contributed by atoms with Crippen molar-refractivity contribution in [3.05, 3.63) is 11.6 Å². The van der Waals surface area contributed by atoms with Crippen LogP contribution in [0.3, 0.4) is 0 Å². The van der Waals surface area contributed by atoms with Gasteiger partial charge >= 0.3 is 0 Å². The molecule has 1 heteroatoms. The molecule has 2 fully saturated rings. The summed E-state index contributed by atoms with van der Waals surface area (Å²) < 4.78 is 0. The van der Waals surface area contributed by atoms with E-state index in [1.807, 2.05) is 0 Å². The Morgan fingerprint density at radius 1 is 1.70 bits per heavy atom. The topological polar surface area (TPSA) is 12.0 Å². The Labute approximate surface area is 61.5 Å². The maximum atomic E-state index is 3.42. The highest BCUT2D eigenvalue weighted by atomic mass is 14.9. The molecule has 10 heavy (non-hydrogen) atoms. The highest BCUT2D eigenvalue weighted by molar-refractivity contribution is 5.59. The van der Waals surface area contributed by atoms with Gasteiger partial charge in [0.15, 0.2) is 0 Å². The van der Waals surface area contributed by atoms with E-state index >= 15 is 0 Å². The Hall–Kier alpha value is -0.300. The molecule has 1 heterocycles. The summed E-state index contributed by atoms with van der Waals surface area (Å²) in [6.45, 7) is 4.91. The summed E-state index contributed by atoms with van der Waals surface area (Å²) in [7, 11) is 0. The minimum absolute atomic E-state index is 0.649. The van der Waals surface area contributed by atoms with E-state index in [1.165, 1.54) is 19.5 Å². The normalized spacial score (nSPS) is 55.9. The molecule has 1 aliphatic heterocycles. The first-order valence-electron chi connectivity index (χ1n) is 4.26. The number of hydrogen-bond acceptors (Lipinski definition) is 1. The maximum absolute atomic E-state index is 3.42. The maximum Gasteiger partial charge on any atom is 0.0138 e. The summed E-state index contributed by atoms with van der Waals surface area (Å²) in [5.74, 6) is 1.99. The molecule has 0 aromatic carbocycles. The fourth-order valence-electron chi connectivity index (χ4n) is 2.59. The third kappa shape index (κ3) is 0.450. The number of allylic oxidation sites excluding steroid dienone is 2. The molecular weight excluding hydrogens is 122 g/mol. The van der Waals surface area contributed by atoms with E-state index in [0.29, 0.717) is 5.41 Å². The Balaban J connectivity index is 1.74. The van der Waals surface area contributed by atoms with Crippen molar-refractivity contribution in [2.45, 2.75) is 13.3 Å². The van der Waals surface area contributed by atoms with Gasteiger partial charge in [-0.2, -0.15) is 0 Å². The van der Waals surface area contributed by atoms with Crippen LogP contribution in [0.2, 0.25) is 0 Å². The highest BCUT2D eigenvalue weighted by Gasteiger charge is 2.67. The van der Waals surface area contributed by atoms with Crippen molar-refractivity contribution in [3.63, 3.8) is 0 Å². The van der Waals surface area contributed by atoms with E-state index in [-0.39, 0.29) is 0 Å². The van der Waals surface area contributed by atoms with Crippen LogP contribution in [-0.4, -0.2) is 13.1 Å². The minimum atomic E-state index is 0.649. The van der Waals surface area contributed by atoms with Crippen LogP contribution >= 0.6 is 0 Å². The van der Waals surface area contributed by atoms with Crippen LogP contribution in [0, 0.1) is 17.3 Å². The summed E-state index contributed by atoms with van der Waals surface area (Å²) >= 11 is 0. The second kappa shape index (κ2) is 1.33. The van der Waals surface area contributed by atoms with E-state index in [0.717, 1.165) is 11.8 Å². The summed E-state index contributed by atoms with van der Waals surface area (Å²) in [5.41, 5.74) is 2.41. The SMILES string of the molecule is CC12C=C1C2C1CCNC1. The van der Waals surface area contributed by atoms with Crippen molar-refractivity contribution in [2.75, 3.05) is 13.1 Å². The van der Waals surface area contributed by atoms with Crippen molar-refractivity contribution in [3.8, 4) is 0 Å². The van der Waals surface area contributed by atoms with Gasteiger partial charge in [0.05, 0.1) is 0 Å². The smallest absolute Gasteiger partial charge is 0.0138 e. The first-order chi connectivity index (χ1) is 4.82. The van der Waals surface area contributed by atoms with Gasteiger partial charge < -0.3 is 5.32 Å². The summed E-state index contributed by atoms with van der Waals surface area (Å²) in [6.07, 6.45) is 3.84. The summed E-state index contributed by atoms with van der Waals surface area (Å²) in [5, 5.41) is 3.42. The summed E-state index contributed by atoms with van der Waals surface area (Å²) in [4.78, 5) is 0. The molecule has 3 unspecified atom stereocenters. The zero-order valence-electron chi connectivity index (χ0n) is 6.35. The first-order valence-corrected chi connectivity index (χ1v) is 4.26. The Morgan fingerprint density at radius 3 is 2.90 bits per heavy atom. The lowest BCUT2D eigenvalue weighted by Gasteiger charge is -2.10. The molecule has 1 saturated carbocycles. The van der Waals surface area contributed by atoms with E-state index in [1.54, 1.807) is 5.57 Å². The largest absolute Gasteiger partial charge is 0.316 e. The van der Waals surface area contributed by atoms with E-state index < -0.39 is 0 Å². The molecule has 0 bridgehead atoms. The Bertz CT molecular complexity index is 213. The standard InChI is InChI=1S/C9H13N/c1-9-4-7(9)8(9)6-2-3-10-5-6/h4,6,8,10H,2-3,5H2,1H3. The van der Waals surface area contributed by atoms with Crippen molar-refractivity contribution < 1.29 is 0 Å². The fourth-order valence-corrected chi connectivity index (χ4v) is 2.59. The zero-order chi connectivity index (χ0) is 6.77. The van der Waals surface area contributed by atoms with Crippen molar-refractivity contribution in [1.29, 1.82) is 0 Å². The third-order valence-electron chi connectivity index (χ3n) is 3.46. The lowest BCUT2D eigenvalue weighted by molar-refractivity contribution is 0.441. The van der Waals surface area contributed by atoms with Crippen LogP contribution < -0.4 is 5.32 Å². The zero-order valence-corrected chi connectivity index (χ0v) is 6.35. The van der Waals surface area contributed by atoms with Crippen molar-refractivity contribution in [2.24, 2.45) is 17.3 Å². The van der Waals surface area contributed by atoms with E-state index in [4.69, 9.17) is 0 Å². The second-order valence-electron chi connectivity index (χ2n) is 4.11. The quantitative estimate of drug-likeness (QED) is 0.532. The number of fused-ring (bicyclic) bond motifs is 1. The molecule has 3 rings (SSSR count). The molecule has 3 atom stereocenters. The lowest BCUT2D eigenvalue weighted by Crippen LogP contribution is -2.13.